The molecule has 1 N–H and O–H groups in total. The normalized spacial score (nSPS) is 28.4. The number of nitrogens with zero attached hydrogens (tertiary/aromatic N) is 3. The van der Waals surface area contributed by atoms with Crippen LogP contribution in [0.3, 0.4) is 0 Å². The first-order valence-electron chi connectivity index (χ1n) is 8.80. The fourth-order valence-corrected chi connectivity index (χ4v) is 4.99. The van der Waals surface area contributed by atoms with Crippen molar-refractivity contribution in [1.82, 2.24) is 9.62 Å². The first-order chi connectivity index (χ1) is 11.5. The molecule has 0 amide bonds. The van der Waals surface area contributed by atoms with Gasteiger partial charge in [-0.1, -0.05) is 0 Å². The Kier molecular flexibility index (Phi) is 4.18. The minimum atomic E-state index is -3.06. The molecule has 24 heavy (non-hydrogen) atoms. The van der Waals surface area contributed by atoms with Crippen LogP contribution in [0.4, 0.5) is 11.4 Å². The number of hydrogen-bond acceptors (Lipinski definition) is 5. The van der Waals surface area contributed by atoms with Crippen molar-refractivity contribution in [2.45, 2.75) is 24.9 Å². The van der Waals surface area contributed by atoms with Gasteiger partial charge in [0.1, 0.15) is 0 Å². The molecule has 0 aromatic heterocycles. The molecule has 3 saturated heterocycles. The van der Waals surface area contributed by atoms with Crippen LogP contribution in [0.5, 0.6) is 0 Å². The molecule has 2 bridgehead atoms. The summed E-state index contributed by atoms with van der Waals surface area (Å²) in [5.41, 5.74) is 2.48. The SMILES string of the molecule is CS(=O)(=O)N1CCN(c2ccc(N3CC4CCC(C3)N4)cc2)CC1. The van der Waals surface area contributed by atoms with Crippen molar-refractivity contribution in [1.29, 1.82) is 0 Å². The summed E-state index contributed by atoms with van der Waals surface area (Å²) in [7, 11) is -3.06. The Morgan fingerprint density at radius 1 is 0.875 bits per heavy atom. The summed E-state index contributed by atoms with van der Waals surface area (Å²) in [5.74, 6) is 0. The Bertz CT molecular complexity index is 671. The van der Waals surface area contributed by atoms with Gasteiger partial charge in [0.15, 0.2) is 0 Å². The molecular weight excluding hydrogens is 324 g/mol. The zero-order valence-corrected chi connectivity index (χ0v) is 15.0. The molecule has 3 aliphatic heterocycles. The van der Waals surface area contributed by atoms with Crippen molar-refractivity contribution in [3.8, 4) is 0 Å². The first kappa shape index (κ1) is 16.2. The fourth-order valence-electron chi connectivity index (χ4n) is 4.16. The fraction of sp³-hybridized carbons (Fsp3) is 0.647. The summed E-state index contributed by atoms with van der Waals surface area (Å²) in [6.45, 7) is 4.85. The van der Waals surface area contributed by atoms with Crippen LogP contribution in [0.1, 0.15) is 12.8 Å². The van der Waals surface area contributed by atoms with E-state index in [0.717, 1.165) is 26.2 Å². The van der Waals surface area contributed by atoms with E-state index in [1.807, 2.05) is 0 Å². The average molecular weight is 350 g/mol. The molecule has 0 saturated carbocycles. The maximum atomic E-state index is 11.6. The Morgan fingerprint density at radius 3 is 1.88 bits per heavy atom. The minimum Gasteiger partial charge on any atom is -0.369 e. The Hall–Kier alpha value is -1.31. The summed E-state index contributed by atoms with van der Waals surface area (Å²) < 4.78 is 24.8. The van der Waals surface area contributed by atoms with E-state index in [2.05, 4.69) is 39.4 Å². The number of fused-ring (bicyclic) bond motifs is 2. The zero-order valence-electron chi connectivity index (χ0n) is 14.2. The quantitative estimate of drug-likeness (QED) is 0.870. The third kappa shape index (κ3) is 3.25. The van der Waals surface area contributed by atoms with Crippen molar-refractivity contribution >= 4 is 21.4 Å². The van der Waals surface area contributed by atoms with Crippen LogP contribution >= 0.6 is 0 Å². The highest BCUT2D eigenvalue weighted by Gasteiger charge is 2.32. The number of benzene rings is 1. The molecular formula is C17H26N4O2S. The van der Waals surface area contributed by atoms with Gasteiger partial charge >= 0.3 is 0 Å². The third-order valence-electron chi connectivity index (χ3n) is 5.50. The summed E-state index contributed by atoms with van der Waals surface area (Å²) in [6.07, 6.45) is 3.88. The molecule has 2 unspecified atom stereocenters. The number of piperazine rings is 2. The highest BCUT2D eigenvalue weighted by molar-refractivity contribution is 7.88. The van der Waals surface area contributed by atoms with E-state index >= 15 is 0 Å². The van der Waals surface area contributed by atoms with Crippen LogP contribution in [0.2, 0.25) is 0 Å². The Balaban J connectivity index is 1.40. The molecule has 4 rings (SSSR count). The predicted molar refractivity (Wildman–Crippen MR) is 97.2 cm³/mol. The maximum absolute atomic E-state index is 11.6. The van der Waals surface area contributed by atoms with Crippen LogP contribution in [-0.4, -0.2) is 70.3 Å². The van der Waals surface area contributed by atoms with Crippen molar-refractivity contribution in [3.63, 3.8) is 0 Å². The molecule has 3 aliphatic rings. The molecule has 3 heterocycles. The van der Waals surface area contributed by atoms with E-state index in [-0.39, 0.29) is 0 Å². The van der Waals surface area contributed by atoms with Crippen LogP contribution in [0.25, 0.3) is 0 Å². The summed E-state index contributed by atoms with van der Waals surface area (Å²) in [6, 6.07) is 10.1. The van der Waals surface area contributed by atoms with E-state index < -0.39 is 10.0 Å². The molecule has 1 aromatic rings. The third-order valence-corrected chi connectivity index (χ3v) is 6.81. The predicted octanol–water partition coefficient (Wildman–Crippen LogP) is 0.709. The van der Waals surface area contributed by atoms with Crippen LogP contribution < -0.4 is 15.1 Å². The Labute approximate surface area is 144 Å². The van der Waals surface area contributed by atoms with Gasteiger partial charge in [-0.05, 0) is 37.1 Å². The van der Waals surface area contributed by atoms with Gasteiger partial charge in [0, 0.05) is 62.7 Å². The number of hydrogen-bond donors (Lipinski definition) is 1. The van der Waals surface area contributed by atoms with Gasteiger partial charge in [-0.15, -0.1) is 0 Å². The van der Waals surface area contributed by atoms with Gasteiger partial charge in [-0.25, -0.2) is 8.42 Å². The second-order valence-electron chi connectivity index (χ2n) is 7.21. The molecule has 2 atom stereocenters. The number of nitrogens with one attached hydrogen (secondary N) is 1. The lowest BCUT2D eigenvalue weighted by Crippen LogP contribution is -2.51. The summed E-state index contributed by atoms with van der Waals surface area (Å²) >= 11 is 0. The monoisotopic (exact) mass is 350 g/mol. The van der Waals surface area contributed by atoms with Crippen molar-refractivity contribution in [3.05, 3.63) is 24.3 Å². The summed E-state index contributed by atoms with van der Waals surface area (Å²) in [5, 5.41) is 3.67. The zero-order chi connectivity index (χ0) is 16.7. The Morgan fingerprint density at radius 2 is 1.38 bits per heavy atom. The van der Waals surface area contributed by atoms with Gasteiger partial charge in [0.05, 0.1) is 6.26 Å². The van der Waals surface area contributed by atoms with E-state index in [1.165, 1.54) is 30.5 Å². The molecule has 132 valence electrons. The molecule has 0 aliphatic carbocycles. The van der Waals surface area contributed by atoms with Crippen molar-refractivity contribution in [2.24, 2.45) is 0 Å². The molecule has 7 heteroatoms. The van der Waals surface area contributed by atoms with Crippen LogP contribution in [0.15, 0.2) is 24.3 Å². The van der Waals surface area contributed by atoms with E-state index in [9.17, 15) is 8.42 Å². The standard InChI is InChI=1S/C17H26N4O2S/c1-24(22,23)21-10-8-19(9-11-21)16-4-6-17(7-5-16)20-12-14-2-3-15(13-20)18-14/h4-7,14-15,18H,2-3,8-13H2,1H3. The van der Waals surface area contributed by atoms with E-state index in [0.29, 0.717) is 25.2 Å². The van der Waals surface area contributed by atoms with Crippen molar-refractivity contribution in [2.75, 3.05) is 55.3 Å². The van der Waals surface area contributed by atoms with Crippen molar-refractivity contribution < 1.29 is 8.42 Å². The highest BCUT2D eigenvalue weighted by Crippen LogP contribution is 2.27. The number of anilines is 2. The maximum Gasteiger partial charge on any atom is 0.211 e. The lowest BCUT2D eigenvalue weighted by molar-refractivity contribution is 0.388. The minimum absolute atomic E-state index is 0.571. The molecule has 6 nitrogen and oxygen atoms in total. The summed E-state index contributed by atoms with van der Waals surface area (Å²) in [4.78, 5) is 4.76. The topological polar surface area (TPSA) is 55.9 Å². The molecule has 0 radical (unpaired) electrons. The lowest BCUT2D eigenvalue weighted by Gasteiger charge is -2.36. The lowest BCUT2D eigenvalue weighted by atomic mass is 10.2. The highest BCUT2D eigenvalue weighted by atomic mass is 32.2. The molecule has 3 fully saturated rings. The second-order valence-corrected chi connectivity index (χ2v) is 9.19. The van der Waals surface area contributed by atoms with Gasteiger partial charge in [-0.3, -0.25) is 0 Å². The molecule has 0 spiro atoms. The van der Waals surface area contributed by atoms with Gasteiger partial charge in [0.25, 0.3) is 0 Å². The smallest absolute Gasteiger partial charge is 0.211 e. The first-order valence-corrected chi connectivity index (χ1v) is 10.6. The van der Waals surface area contributed by atoms with Gasteiger partial charge in [-0.2, -0.15) is 4.31 Å². The molecule has 1 aromatic carbocycles. The van der Waals surface area contributed by atoms with E-state index in [4.69, 9.17) is 0 Å². The van der Waals surface area contributed by atoms with Gasteiger partial charge < -0.3 is 15.1 Å². The second kappa shape index (κ2) is 6.20. The van der Waals surface area contributed by atoms with E-state index in [1.54, 1.807) is 4.31 Å². The number of rotatable bonds is 3. The number of sulfonamides is 1. The average Bonchev–Trinajstić information content (AvgIpc) is 2.92. The van der Waals surface area contributed by atoms with Gasteiger partial charge in [0.2, 0.25) is 10.0 Å². The largest absolute Gasteiger partial charge is 0.369 e. The van der Waals surface area contributed by atoms with Crippen LogP contribution in [0, 0.1) is 0 Å². The van der Waals surface area contributed by atoms with Crippen LogP contribution in [-0.2, 0) is 10.0 Å².